The van der Waals surface area contributed by atoms with E-state index in [0.29, 0.717) is 5.39 Å². The number of carbonyl (C=O) groups is 1. The van der Waals surface area contributed by atoms with Gasteiger partial charge < -0.3 is 10.2 Å². The van der Waals surface area contributed by atoms with Gasteiger partial charge >= 0.3 is 0 Å². The van der Waals surface area contributed by atoms with Crippen LogP contribution in [0.1, 0.15) is 23.7 Å². The van der Waals surface area contributed by atoms with Crippen molar-refractivity contribution in [3.8, 4) is 0 Å². The summed E-state index contributed by atoms with van der Waals surface area (Å²) in [5.41, 5.74) is 0.390. The highest BCUT2D eigenvalue weighted by atomic mass is 32.2. The molecule has 1 aliphatic heterocycles. The van der Waals surface area contributed by atoms with E-state index in [1.165, 1.54) is 43.3 Å². The molecule has 1 aromatic carbocycles. The molecule has 3 heterocycles. The molecule has 1 saturated heterocycles. The predicted octanol–water partition coefficient (Wildman–Crippen LogP) is 3.82. The molecule has 3 aromatic rings. The van der Waals surface area contributed by atoms with Crippen LogP contribution in [0.3, 0.4) is 0 Å². The van der Waals surface area contributed by atoms with E-state index < -0.39 is 40.0 Å². The molecule has 12 heteroatoms. The van der Waals surface area contributed by atoms with E-state index in [4.69, 9.17) is 5.14 Å². The SMILES string of the molecule is CC1CN(c2nc3cc(F)ccc3cc2C(=O)Nc2ccc(S(N)(=O)=O)s2)CCC1(F)F. The average molecular weight is 485 g/mol. The number of anilines is 2. The highest BCUT2D eigenvalue weighted by molar-refractivity contribution is 7.91. The van der Waals surface area contributed by atoms with Crippen LogP contribution in [-0.4, -0.2) is 38.3 Å². The first-order valence-corrected chi connectivity index (χ1v) is 12.0. The number of nitrogens with two attached hydrogens (primary N) is 1. The monoisotopic (exact) mass is 484 g/mol. The number of carbonyl (C=O) groups excluding carboxylic acids is 1. The lowest BCUT2D eigenvalue weighted by molar-refractivity contribution is -0.0652. The number of thiophene rings is 1. The molecule has 32 heavy (non-hydrogen) atoms. The van der Waals surface area contributed by atoms with Crippen molar-refractivity contribution in [1.82, 2.24) is 4.98 Å². The lowest BCUT2D eigenvalue weighted by atomic mass is 9.95. The van der Waals surface area contributed by atoms with Gasteiger partial charge in [-0.25, -0.2) is 31.7 Å². The van der Waals surface area contributed by atoms with Gasteiger partial charge in [0.25, 0.3) is 11.8 Å². The summed E-state index contributed by atoms with van der Waals surface area (Å²) in [5.74, 6) is -4.76. The van der Waals surface area contributed by atoms with Gasteiger partial charge in [-0.3, -0.25) is 4.79 Å². The third kappa shape index (κ3) is 4.43. The van der Waals surface area contributed by atoms with Gasteiger partial charge in [-0.1, -0.05) is 6.92 Å². The van der Waals surface area contributed by atoms with Gasteiger partial charge in [-0.15, -0.1) is 11.3 Å². The van der Waals surface area contributed by atoms with E-state index in [2.05, 4.69) is 10.3 Å². The van der Waals surface area contributed by atoms with E-state index in [1.54, 1.807) is 4.90 Å². The normalized spacial score (nSPS) is 18.7. The van der Waals surface area contributed by atoms with Crippen LogP contribution in [0.2, 0.25) is 0 Å². The fourth-order valence-corrected chi connectivity index (χ4v) is 5.16. The summed E-state index contributed by atoms with van der Waals surface area (Å²) in [6.07, 6.45) is -0.402. The summed E-state index contributed by atoms with van der Waals surface area (Å²) in [5, 5.41) is 8.44. The third-order valence-electron chi connectivity index (χ3n) is 5.33. The van der Waals surface area contributed by atoms with Crippen molar-refractivity contribution in [3.05, 3.63) is 47.8 Å². The second-order valence-electron chi connectivity index (χ2n) is 7.67. The Morgan fingerprint density at radius 1 is 1.28 bits per heavy atom. The van der Waals surface area contributed by atoms with Crippen molar-refractivity contribution in [1.29, 1.82) is 0 Å². The minimum Gasteiger partial charge on any atom is -0.355 e. The molecule has 0 radical (unpaired) electrons. The number of primary sulfonamides is 1. The van der Waals surface area contributed by atoms with Crippen LogP contribution >= 0.6 is 11.3 Å². The number of halogens is 3. The molecule has 4 rings (SSSR count). The maximum Gasteiger partial charge on any atom is 0.260 e. The van der Waals surface area contributed by atoms with Crippen LogP contribution in [0.25, 0.3) is 10.9 Å². The Kier molecular flexibility index (Phi) is 5.63. The number of benzene rings is 1. The van der Waals surface area contributed by atoms with Gasteiger partial charge in [-0.05, 0) is 30.3 Å². The van der Waals surface area contributed by atoms with E-state index in [1.807, 2.05) is 0 Å². The first kappa shape index (κ1) is 22.5. The van der Waals surface area contributed by atoms with Crippen LogP contribution < -0.4 is 15.4 Å². The Bertz CT molecular complexity index is 1310. The van der Waals surface area contributed by atoms with Gasteiger partial charge in [-0.2, -0.15) is 0 Å². The van der Waals surface area contributed by atoms with Crippen LogP contribution in [-0.2, 0) is 10.0 Å². The molecule has 1 amide bonds. The molecule has 3 N–H and O–H groups in total. The Balaban J connectivity index is 1.73. The molecule has 7 nitrogen and oxygen atoms in total. The number of hydrogen-bond acceptors (Lipinski definition) is 6. The zero-order chi connectivity index (χ0) is 23.3. The Morgan fingerprint density at radius 3 is 2.69 bits per heavy atom. The molecular formula is C20H19F3N4O3S2. The van der Waals surface area contributed by atoms with Crippen LogP contribution in [0.15, 0.2) is 40.6 Å². The predicted molar refractivity (Wildman–Crippen MR) is 116 cm³/mol. The number of nitrogens with one attached hydrogen (secondary N) is 1. The molecule has 1 atom stereocenters. The molecule has 170 valence electrons. The summed E-state index contributed by atoms with van der Waals surface area (Å²) in [6, 6.07) is 8.09. The molecule has 0 aliphatic carbocycles. The molecule has 0 bridgehead atoms. The van der Waals surface area contributed by atoms with E-state index in [-0.39, 0.29) is 39.2 Å². The second kappa shape index (κ2) is 8.01. The second-order valence-corrected chi connectivity index (χ2v) is 10.5. The quantitative estimate of drug-likeness (QED) is 0.586. The zero-order valence-corrected chi connectivity index (χ0v) is 18.4. The van der Waals surface area contributed by atoms with Crippen LogP contribution in [0.5, 0.6) is 0 Å². The lowest BCUT2D eigenvalue weighted by Crippen LogP contribution is -2.46. The summed E-state index contributed by atoms with van der Waals surface area (Å²) in [6.45, 7) is 1.36. The third-order valence-corrected chi connectivity index (χ3v) is 7.77. The van der Waals surface area contributed by atoms with Gasteiger partial charge in [0, 0.05) is 36.9 Å². The minimum atomic E-state index is -3.92. The zero-order valence-electron chi connectivity index (χ0n) is 16.8. The van der Waals surface area contributed by atoms with Crippen LogP contribution in [0, 0.1) is 11.7 Å². The standard InChI is InChI=1S/C20H19F3N4O3S2/c1-11-10-27(7-6-20(11,22)23)18-14(8-12-2-3-13(21)9-15(12)25-18)19(28)26-16-4-5-17(31-16)32(24,29)30/h2-5,8-9,11H,6-7,10H2,1H3,(H,26,28)(H2,24,29,30). The van der Waals surface area contributed by atoms with Gasteiger partial charge in [0.1, 0.15) is 15.8 Å². The summed E-state index contributed by atoms with van der Waals surface area (Å²) < 4.78 is 64.6. The number of fused-ring (bicyclic) bond motifs is 1. The number of alkyl halides is 2. The van der Waals surface area contributed by atoms with Crippen molar-refractivity contribution in [2.75, 3.05) is 23.3 Å². The number of piperidine rings is 1. The van der Waals surface area contributed by atoms with Crippen molar-refractivity contribution in [3.63, 3.8) is 0 Å². The smallest absolute Gasteiger partial charge is 0.260 e. The highest BCUT2D eigenvalue weighted by Crippen LogP contribution is 2.36. The fraction of sp³-hybridized carbons (Fsp3) is 0.300. The molecule has 0 spiro atoms. The van der Waals surface area contributed by atoms with Gasteiger partial charge in [0.2, 0.25) is 10.0 Å². The Hall–Kier alpha value is -2.70. The average Bonchev–Trinajstić information content (AvgIpc) is 3.18. The molecule has 0 saturated carbocycles. The molecule has 1 unspecified atom stereocenters. The first-order valence-electron chi connectivity index (χ1n) is 9.61. The summed E-state index contributed by atoms with van der Waals surface area (Å²) in [4.78, 5) is 19.1. The van der Waals surface area contributed by atoms with Crippen LogP contribution in [0.4, 0.5) is 24.0 Å². The summed E-state index contributed by atoms with van der Waals surface area (Å²) >= 11 is 0.782. The van der Waals surface area contributed by atoms with Gasteiger partial charge in [0.15, 0.2) is 0 Å². The highest BCUT2D eigenvalue weighted by Gasteiger charge is 2.42. The van der Waals surface area contributed by atoms with Crippen molar-refractivity contribution in [2.24, 2.45) is 11.1 Å². The summed E-state index contributed by atoms with van der Waals surface area (Å²) in [7, 11) is -3.92. The molecule has 2 aromatic heterocycles. The number of hydrogen-bond donors (Lipinski definition) is 2. The maximum atomic E-state index is 14.0. The Morgan fingerprint density at radius 2 is 2.03 bits per heavy atom. The maximum absolute atomic E-state index is 14.0. The number of amides is 1. The molecule has 1 fully saturated rings. The number of nitrogens with zero attached hydrogens (tertiary/aromatic N) is 2. The van der Waals surface area contributed by atoms with Crippen molar-refractivity contribution in [2.45, 2.75) is 23.5 Å². The van der Waals surface area contributed by atoms with Crippen molar-refractivity contribution < 1.29 is 26.4 Å². The molecular weight excluding hydrogens is 465 g/mol. The number of rotatable bonds is 4. The lowest BCUT2D eigenvalue weighted by Gasteiger charge is -2.38. The first-order chi connectivity index (χ1) is 14.9. The number of sulfonamides is 1. The van der Waals surface area contributed by atoms with Gasteiger partial charge in [0.05, 0.1) is 16.1 Å². The molecule has 1 aliphatic rings. The Labute approximate surface area is 186 Å². The largest absolute Gasteiger partial charge is 0.355 e. The minimum absolute atomic E-state index is 0.0278. The fourth-order valence-electron chi connectivity index (χ4n) is 3.54. The van der Waals surface area contributed by atoms with E-state index >= 15 is 0 Å². The number of pyridine rings is 1. The van der Waals surface area contributed by atoms with E-state index in [9.17, 15) is 26.4 Å². The van der Waals surface area contributed by atoms with Crippen molar-refractivity contribution >= 4 is 49.0 Å². The van der Waals surface area contributed by atoms with E-state index in [0.717, 1.165) is 11.3 Å². The number of aromatic nitrogens is 1. The topological polar surface area (TPSA) is 105 Å².